The summed E-state index contributed by atoms with van der Waals surface area (Å²) in [6, 6.07) is 3.12. The van der Waals surface area contributed by atoms with Gasteiger partial charge in [0, 0.05) is 28.8 Å². The van der Waals surface area contributed by atoms with Gasteiger partial charge in [-0.15, -0.1) is 0 Å². The minimum atomic E-state index is -1.75. The minimum Gasteiger partial charge on any atom is -0.443 e. The van der Waals surface area contributed by atoms with E-state index in [-0.39, 0.29) is 32.0 Å². The summed E-state index contributed by atoms with van der Waals surface area (Å²) in [4.78, 5) is 20.9. The van der Waals surface area contributed by atoms with Crippen LogP contribution in [0.15, 0.2) is 31.0 Å². The van der Waals surface area contributed by atoms with Crippen LogP contribution >= 0.6 is 0 Å². The lowest BCUT2D eigenvalue weighted by atomic mass is 9.96. The van der Waals surface area contributed by atoms with E-state index in [2.05, 4.69) is 21.1 Å². The topological polar surface area (TPSA) is 98.6 Å². The Morgan fingerprint density at radius 2 is 2.16 bits per heavy atom. The van der Waals surface area contributed by atoms with Gasteiger partial charge in [0.15, 0.2) is 6.73 Å². The van der Waals surface area contributed by atoms with Crippen molar-refractivity contribution >= 4 is 17.0 Å². The number of nitrogens with zero attached hydrogens (tertiary/aromatic N) is 6. The number of hydrogen-bond donors (Lipinski definition) is 0. The monoisotopic (exact) mass is 424 g/mol. The van der Waals surface area contributed by atoms with Gasteiger partial charge in [-0.25, -0.2) is 9.97 Å². The number of ether oxygens (including phenoxy) is 1. The maximum atomic E-state index is 12.1. The quantitative estimate of drug-likeness (QED) is 0.541. The zero-order valence-electron chi connectivity index (χ0n) is 21.9. The normalized spacial score (nSPS) is 21.0. The molecule has 1 atom stereocenters. The Bertz CT molecular complexity index is 1270. The lowest BCUT2D eigenvalue weighted by molar-refractivity contribution is -0.156. The summed E-state index contributed by atoms with van der Waals surface area (Å²) in [6.07, 6.45) is 3.03. The molecule has 4 rings (SSSR count). The molecular formula is C23H28N6O2. The fraction of sp³-hybridized carbons (Fsp3) is 0.522. The molecule has 3 aromatic heterocycles. The van der Waals surface area contributed by atoms with Gasteiger partial charge >= 0.3 is 5.97 Å². The average molecular weight is 425 g/mol. The molecule has 1 unspecified atom stereocenters. The van der Waals surface area contributed by atoms with Crippen LogP contribution < -0.4 is 0 Å². The van der Waals surface area contributed by atoms with Gasteiger partial charge in [0.25, 0.3) is 0 Å². The fourth-order valence-electron chi connectivity index (χ4n) is 3.58. The number of carbonyl (C=O) groups is 1. The predicted octanol–water partition coefficient (Wildman–Crippen LogP) is 4.49. The van der Waals surface area contributed by atoms with Gasteiger partial charge in [-0.2, -0.15) is 10.4 Å². The molecule has 0 bridgehead atoms. The predicted molar refractivity (Wildman–Crippen MR) is 116 cm³/mol. The molecule has 0 aliphatic heterocycles. The Morgan fingerprint density at radius 1 is 1.39 bits per heavy atom. The number of nitriles is 1. The molecule has 0 aromatic carbocycles. The van der Waals surface area contributed by atoms with Crippen LogP contribution in [0.1, 0.15) is 64.3 Å². The van der Waals surface area contributed by atoms with Crippen molar-refractivity contribution in [2.45, 2.75) is 65.6 Å². The maximum absolute atomic E-state index is 12.1. The third kappa shape index (κ3) is 4.31. The summed E-state index contributed by atoms with van der Waals surface area (Å²) in [5.41, 5.74) is 1.16. The standard InChI is InChI=1S/C23H28N6O2/c1-23(2,3)22(30)31-15-28-11-9-18-20(25-14-26-21(18)28)17-12-27-29(13-17)19(8-10-24)16-6-4-5-7-16/h9,11-14,16,19H,4-8,15H2,1-3H3/i6D2,7D2. The van der Waals surface area contributed by atoms with Crippen molar-refractivity contribution in [1.82, 2.24) is 24.3 Å². The van der Waals surface area contributed by atoms with Crippen LogP contribution in [0.3, 0.4) is 0 Å². The van der Waals surface area contributed by atoms with E-state index in [9.17, 15) is 10.1 Å². The number of aromatic nitrogens is 5. The molecule has 0 saturated heterocycles. The Labute approximate surface area is 187 Å². The lowest BCUT2D eigenvalue weighted by Gasteiger charge is -2.21. The van der Waals surface area contributed by atoms with Gasteiger partial charge in [0.2, 0.25) is 0 Å². The Balaban J connectivity index is 1.66. The molecule has 3 aromatic rings. The number of esters is 1. The molecule has 0 amide bonds. The summed E-state index contributed by atoms with van der Waals surface area (Å²) in [5.74, 6) is -1.34. The smallest absolute Gasteiger partial charge is 0.312 e. The van der Waals surface area contributed by atoms with Crippen molar-refractivity contribution in [3.05, 3.63) is 31.0 Å². The van der Waals surface area contributed by atoms with E-state index in [1.807, 2.05) is 6.07 Å². The molecule has 8 heteroatoms. The second-order valence-electron chi connectivity index (χ2n) is 8.58. The highest BCUT2D eigenvalue weighted by atomic mass is 16.5. The van der Waals surface area contributed by atoms with Crippen molar-refractivity contribution in [2.75, 3.05) is 0 Å². The van der Waals surface area contributed by atoms with Gasteiger partial charge in [-0.3, -0.25) is 14.0 Å². The molecular weight excluding hydrogens is 392 g/mol. The molecule has 0 radical (unpaired) electrons. The zero-order chi connectivity index (χ0) is 25.6. The first-order valence-corrected chi connectivity index (χ1v) is 10.2. The molecule has 0 spiro atoms. The van der Waals surface area contributed by atoms with Gasteiger partial charge in [-0.05, 0) is 45.5 Å². The van der Waals surface area contributed by atoms with E-state index in [0.29, 0.717) is 22.3 Å². The summed E-state index contributed by atoms with van der Waals surface area (Å²) in [5, 5.41) is 14.5. The largest absolute Gasteiger partial charge is 0.443 e. The molecule has 3 heterocycles. The van der Waals surface area contributed by atoms with Crippen LogP contribution in [-0.2, 0) is 16.3 Å². The third-order valence-electron chi connectivity index (χ3n) is 5.26. The van der Waals surface area contributed by atoms with E-state index in [1.165, 1.54) is 11.0 Å². The summed E-state index contributed by atoms with van der Waals surface area (Å²) >= 11 is 0. The Kier molecular flexibility index (Phi) is 4.52. The number of carbonyl (C=O) groups excluding carboxylic acids is 1. The highest BCUT2D eigenvalue weighted by Crippen LogP contribution is 2.36. The van der Waals surface area contributed by atoms with Crippen LogP contribution in [0.5, 0.6) is 0 Å². The third-order valence-corrected chi connectivity index (χ3v) is 5.26. The molecule has 1 aliphatic carbocycles. The summed E-state index contributed by atoms with van der Waals surface area (Å²) in [7, 11) is 0. The molecule has 1 aliphatic rings. The number of rotatable bonds is 6. The Hall–Kier alpha value is -3.21. The lowest BCUT2D eigenvalue weighted by Crippen LogP contribution is -2.23. The molecule has 1 fully saturated rings. The number of hydrogen-bond acceptors (Lipinski definition) is 6. The van der Waals surface area contributed by atoms with Crippen molar-refractivity contribution < 1.29 is 15.0 Å². The van der Waals surface area contributed by atoms with Crippen molar-refractivity contribution in [3.63, 3.8) is 0 Å². The molecule has 1 saturated carbocycles. The van der Waals surface area contributed by atoms with E-state index in [0.717, 1.165) is 0 Å². The first-order valence-electron chi connectivity index (χ1n) is 12.2. The SMILES string of the molecule is [2H]C1([2H])CCC([2H])([2H])C1C(CC#N)n1cc(-c2ncnc3c2ccn3COC(=O)C(C)(C)C)cn1. The van der Waals surface area contributed by atoms with E-state index < -0.39 is 30.1 Å². The summed E-state index contributed by atoms with van der Waals surface area (Å²) in [6.45, 7) is 5.35. The number of fused-ring (bicyclic) bond motifs is 1. The van der Waals surface area contributed by atoms with Crippen LogP contribution in [0, 0.1) is 22.7 Å². The highest BCUT2D eigenvalue weighted by Gasteiger charge is 2.27. The Morgan fingerprint density at radius 3 is 2.87 bits per heavy atom. The van der Waals surface area contributed by atoms with Gasteiger partial charge in [-0.1, -0.05) is 12.8 Å². The average Bonchev–Trinajstić information content (AvgIpc) is 3.47. The van der Waals surface area contributed by atoms with E-state index >= 15 is 0 Å². The maximum Gasteiger partial charge on any atom is 0.312 e. The van der Waals surface area contributed by atoms with E-state index in [4.69, 9.17) is 10.2 Å². The highest BCUT2D eigenvalue weighted by molar-refractivity contribution is 5.90. The molecule has 8 nitrogen and oxygen atoms in total. The molecule has 31 heavy (non-hydrogen) atoms. The fourth-order valence-corrected chi connectivity index (χ4v) is 3.58. The second kappa shape index (κ2) is 8.50. The minimum absolute atomic E-state index is 0.00536. The van der Waals surface area contributed by atoms with Gasteiger partial charge in [0.05, 0.1) is 35.8 Å². The van der Waals surface area contributed by atoms with Crippen molar-refractivity contribution in [2.24, 2.45) is 11.3 Å². The van der Waals surface area contributed by atoms with Crippen molar-refractivity contribution in [3.8, 4) is 17.3 Å². The zero-order valence-corrected chi connectivity index (χ0v) is 17.9. The first-order chi connectivity index (χ1) is 16.3. The van der Waals surface area contributed by atoms with Crippen LogP contribution in [-0.4, -0.2) is 30.3 Å². The van der Waals surface area contributed by atoms with Crippen LogP contribution in [0.4, 0.5) is 0 Å². The molecule has 0 N–H and O–H groups in total. The van der Waals surface area contributed by atoms with Crippen LogP contribution in [0.2, 0.25) is 0 Å². The van der Waals surface area contributed by atoms with E-state index in [1.54, 1.807) is 43.9 Å². The van der Waals surface area contributed by atoms with Crippen LogP contribution in [0.25, 0.3) is 22.3 Å². The second-order valence-corrected chi connectivity index (χ2v) is 8.58. The van der Waals surface area contributed by atoms with Gasteiger partial charge < -0.3 is 4.74 Å². The van der Waals surface area contributed by atoms with Crippen molar-refractivity contribution in [1.29, 1.82) is 5.26 Å². The molecule has 162 valence electrons. The first kappa shape index (κ1) is 16.5. The van der Waals surface area contributed by atoms with Gasteiger partial charge in [0.1, 0.15) is 12.0 Å². The summed E-state index contributed by atoms with van der Waals surface area (Å²) < 4.78 is 42.1.